The first kappa shape index (κ1) is 14.0. The van der Waals surface area contributed by atoms with E-state index in [0.29, 0.717) is 18.8 Å². The summed E-state index contributed by atoms with van der Waals surface area (Å²) in [5.41, 5.74) is 0. The van der Waals surface area contributed by atoms with Gasteiger partial charge in [-0.3, -0.25) is 4.79 Å². The Kier molecular flexibility index (Phi) is 5.97. The zero-order chi connectivity index (χ0) is 12.7. The van der Waals surface area contributed by atoms with Gasteiger partial charge in [-0.1, -0.05) is 6.92 Å². The second-order valence-corrected chi connectivity index (χ2v) is 4.46. The molecule has 0 aromatic carbocycles. The van der Waals surface area contributed by atoms with Gasteiger partial charge in [0.2, 0.25) is 5.91 Å². The number of carboxylic acids is 1. The molecule has 0 saturated carbocycles. The molecule has 1 saturated heterocycles. The first-order chi connectivity index (χ1) is 8.13. The third-order valence-corrected chi connectivity index (χ3v) is 3.16. The second-order valence-electron chi connectivity index (χ2n) is 4.46. The molecule has 0 bridgehead atoms. The largest absolute Gasteiger partial charge is 0.480 e. The Hall–Kier alpha value is -1.10. The van der Waals surface area contributed by atoms with Gasteiger partial charge in [-0.05, 0) is 31.6 Å². The molecule has 0 spiro atoms. The second kappa shape index (κ2) is 7.27. The average Bonchev–Trinajstić information content (AvgIpc) is 2.34. The molecule has 1 aliphatic heterocycles. The SMILES string of the molecule is CCC(NC(=O)CCC1CCOCC1)C(=O)O. The van der Waals surface area contributed by atoms with Gasteiger partial charge in [0.05, 0.1) is 0 Å². The Balaban J connectivity index is 2.21. The summed E-state index contributed by atoms with van der Waals surface area (Å²) in [7, 11) is 0. The van der Waals surface area contributed by atoms with E-state index in [9.17, 15) is 9.59 Å². The molecule has 1 heterocycles. The minimum atomic E-state index is -0.966. The van der Waals surface area contributed by atoms with Crippen molar-refractivity contribution < 1.29 is 19.4 Å². The maximum atomic E-state index is 11.6. The van der Waals surface area contributed by atoms with Crippen molar-refractivity contribution in [2.75, 3.05) is 13.2 Å². The number of hydrogen-bond donors (Lipinski definition) is 2. The van der Waals surface area contributed by atoms with Gasteiger partial charge in [0.15, 0.2) is 0 Å². The van der Waals surface area contributed by atoms with Crippen LogP contribution in [0.1, 0.15) is 39.0 Å². The zero-order valence-corrected chi connectivity index (χ0v) is 10.3. The fourth-order valence-corrected chi connectivity index (χ4v) is 1.98. The summed E-state index contributed by atoms with van der Waals surface area (Å²) >= 11 is 0. The molecule has 1 aliphatic rings. The predicted molar refractivity (Wildman–Crippen MR) is 62.6 cm³/mol. The predicted octanol–water partition coefficient (Wildman–Crippen LogP) is 1.17. The molecule has 2 N–H and O–H groups in total. The quantitative estimate of drug-likeness (QED) is 0.734. The van der Waals surface area contributed by atoms with Crippen LogP contribution in [0, 0.1) is 5.92 Å². The number of rotatable bonds is 6. The smallest absolute Gasteiger partial charge is 0.326 e. The van der Waals surface area contributed by atoms with Gasteiger partial charge in [-0.2, -0.15) is 0 Å². The molecule has 0 radical (unpaired) electrons. The number of carbonyl (C=O) groups is 2. The minimum Gasteiger partial charge on any atom is -0.480 e. The lowest BCUT2D eigenvalue weighted by Gasteiger charge is -2.21. The molecule has 0 aliphatic carbocycles. The van der Waals surface area contributed by atoms with Gasteiger partial charge < -0.3 is 15.2 Å². The van der Waals surface area contributed by atoms with E-state index in [-0.39, 0.29) is 5.91 Å². The highest BCUT2D eigenvalue weighted by Gasteiger charge is 2.19. The maximum absolute atomic E-state index is 11.6. The monoisotopic (exact) mass is 243 g/mol. The molecule has 1 amide bonds. The van der Waals surface area contributed by atoms with Crippen LogP contribution in [0.15, 0.2) is 0 Å². The summed E-state index contributed by atoms with van der Waals surface area (Å²) in [5, 5.41) is 11.3. The van der Waals surface area contributed by atoms with E-state index in [0.717, 1.165) is 32.5 Å². The number of amides is 1. The van der Waals surface area contributed by atoms with Crippen molar-refractivity contribution >= 4 is 11.9 Å². The average molecular weight is 243 g/mol. The lowest BCUT2D eigenvalue weighted by Crippen LogP contribution is -2.40. The molecule has 1 rings (SSSR count). The fraction of sp³-hybridized carbons (Fsp3) is 0.833. The highest BCUT2D eigenvalue weighted by molar-refractivity contribution is 5.83. The Labute approximate surface area is 102 Å². The van der Waals surface area contributed by atoms with Crippen molar-refractivity contribution in [3.05, 3.63) is 0 Å². The van der Waals surface area contributed by atoms with E-state index in [1.807, 2.05) is 0 Å². The molecule has 5 heteroatoms. The molecule has 1 atom stereocenters. The first-order valence-corrected chi connectivity index (χ1v) is 6.23. The van der Waals surface area contributed by atoms with Crippen LogP contribution in [-0.2, 0) is 14.3 Å². The molecule has 0 aromatic heterocycles. The maximum Gasteiger partial charge on any atom is 0.326 e. The highest BCUT2D eigenvalue weighted by atomic mass is 16.5. The van der Waals surface area contributed by atoms with Crippen LogP contribution in [0.25, 0.3) is 0 Å². The summed E-state index contributed by atoms with van der Waals surface area (Å²) in [6.45, 7) is 3.30. The summed E-state index contributed by atoms with van der Waals surface area (Å²) in [6.07, 6.45) is 3.66. The molecule has 98 valence electrons. The Bertz CT molecular complexity index is 261. The Morgan fingerprint density at radius 3 is 2.59 bits per heavy atom. The third-order valence-electron chi connectivity index (χ3n) is 3.16. The summed E-state index contributed by atoms with van der Waals surface area (Å²) in [4.78, 5) is 22.3. The van der Waals surface area contributed by atoms with Crippen molar-refractivity contribution in [2.24, 2.45) is 5.92 Å². The number of carboxylic acid groups (broad SMARTS) is 1. The van der Waals surface area contributed by atoms with Crippen LogP contribution in [-0.4, -0.2) is 36.2 Å². The molecular formula is C12H21NO4. The fourth-order valence-electron chi connectivity index (χ4n) is 1.98. The van der Waals surface area contributed by atoms with Crippen molar-refractivity contribution in [1.29, 1.82) is 0 Å². The van der Waals surface area contributed by atoms with Gasteiger partial charge >= 0.3 is 5.97 Å². The minimum absolute atomic E-state index is 0.161. The standard InChI is InChI=1S/C12H21NO4/c1-2-10(12(15)16)13-11(14)4-3-9-5-7-17-8-6-9/h9-10H,2-8H2,1H3,(H,13,14)(H,15,16). The van der Waals surface area contributed by atoms with E-state index in [4.69, 9.17) is 9.84 Å². The topological polar surface area (TPSA) is 75.6 Å². The molecule has 1 fully saturated rings. The third kappa shape index (κ3) is 5.17. The van der Waals surface area contributed by atoms with Gasteiger partial charge in [0, 0.05) is 19.6 Å². The Morgan fingerprint density at radius 1 is 1.41 bits per heavy atom. The number of ether oxygens (including phenoxy) is 1. The Morgan fingerprint density at radius 2 is 2.06 bits per heavy atom. The van der Waals surface area contributed by atoms with Crippen molar-refractivity contribution in [3.8, 4) is 0 Å². The van der Waals surface area contributed by atoms with Crippen molar-refractivity contribution in [2.45, 2.75) is 45.1 Å². The van der Waals surface area contributed by atoms with E-state index < -0.39 is 12.0 Å². The zero-order valence-electron chi connectivity index (χ0n) is 10.3. The molecular weight excluding hydrogens is 222 g/mol. The normalized spacial score (nSPS) is 18.6. The van der Waals surface area contributed by atoms with Crippen LogP contribution in [0.4, 0.5) is 0 Å². The highest BCUT2D eigenvalue weighted by Crippen LogP contribution is 2.19. The van der Waals surface area contributed by atoms with Gasteiger partial charge in [-0.15, -0.1) is 0 Å². The summed E-state index contributed by atoms with van der Waals surface area (Å²) < 4.78 is 5.24. The van der Waals surface area contributed by atoms with Gasteiger partial charge in [-0.25, -0.2) is 4.79 Å². The van der Waals surface area contributed by atoms with Crippen LogP contribution in [0.2, 0.25) is 0 Å². The van der Waals surface area contributed by atoms with E-state index in [2.05, 4.69) is 5.32 Å². The molecule has 0 aromatic rings. The van der Waals surface area contributed by atoms with Crippen molar-refractivity contribution in [3.63, 3.8) is 0 Å². The van der Waals surface area contributed by atoms with Crippen molar-refractivity contribution in [1.82, 2.24) is 5.32 Å². The number of aliphatic carboxylic acids is 1. The molecule has 1 unspecified atom stereocenters. The number of nitrogens with one attached hydrogen (secondary N) is 1. The lowest BCUT2D eigenvalue weighted by molar-refractivity contribution is -0.141. The summed E-state index contributed by atoms with van der Waals surface area (Å²) in [5.74, 6) is -0.586. The van der Waals surface area contributed by atoms with E-state index >= 15 is 0 Å². The van der Waals surface area contributed by atoms with Gasteiger partial charge in [0.25, 0.3) is 0 Å². The van der Waals surface area contributed by atoms with Crippen LogP contribution in [0.5, 0.6) is 0 Å². The number of carbonyl (C=O) groups excluding carboxylic acids is 1. The molecule has 17 heavy (non-hydrogen) atoms. The van der Waals surface area contributed by atoms with Gasteiger partial charge in [0.1, 0.15) is 6.04 Å². The lowest BCUT2D eigenvalue weighted by atomic mass is 9.95. The summed E-state index contributed by atoms with van der Waals surface area (Å²) in [6, 6.07) is -0.753. The van der Waals surface area contributed by atoms with Crippen LogP contribution in [0.3, 0.4) is 0 Å². The van der Waals surface area contributed by atoms with E-state index in [1.54, 1.807) is 6.92 Å². The number of hydrogen-bond acceptors (Lipinski definition) is 3. The molecule has 5 nitrogen and oxygen atoms in total. The first-order valence-electron chi connectivity index (χ1n) is 6.23. The van der Waals surface area contributed by atoms with Crippen LogP contribution >= 0.6 is 0 Å². The van der Waals surface area contributed by atoms with E-state index in [1.165, 1.54) is 0 Å². The van der Waals surface area contributed by atoms with Crippen LogP contribution < -0.4 is 5.32 Å².